The Balaban J connectivity index is 2.56. The Morgan fingerprint density at radius 3 is 2.62 bits per heavy atom. The highest BCUT2D eigenvalue weighted by Gasteiger charge is 2.36. The van der Waals surface area contributed by atoms with Crippen molar-refractivity contribution in [3.8, 4) is 0 Å². The molecule has 0 aromatic carbocycles. The molecule has 1 heterocycles. The van der Waals surface area contributed by atoms with Gasteiger partial charge in [-0.1, -0.05) is 6.08 Å². The second-order valence-corrected chi connectivity index (χ2v) is 3.84. The molecule has 0 aromatic heterocycles. The fraction of sp³-hybridized carbons (Fsp3) is 0.800. The zero-order chi connectivity index (χ0) is 10.1. The van der Waals surface area contributed by atoms with Gasteiger partial charge in [0, 0.05) is 0 Å². The lowest BCUT2D eigenvalue weighted by Crippen LogP contribution is -2.31. The SMILES string of the molecule is C/C=C(/C)[C@@H](O)[C@H]1COC(C)(C)O1. The standard InChI is InChI=1S/C10H18O3/c1-5-7(2)9(11)8-6-12-10(3,4)13-8/h5,8-9,11H,6H2,1-4H3/b7-5-/t8-,9-/m1/s1. The summed E-state index contributed by atoms with van der Waals surface area (Å²) >= 11 is 0. The maximum atomic E-state index is 9.78. The van der Waals surface area contributed by atoms with Gasteiger partial charge in [-0.05, 0) is 33.3 Å². The molecule has 2 atom stereocenters. The average molecular weight is 186 g/mol. The molecule has 1 aliphatic rings. The van der Waals surface area contributed by atoms with Gasteiger partial charge in [-0.2, -0.15) is 0 Å². The summed E-state index contributed by atoms with van der Waals surface area (Å²) in [4.78, 5) is 0. The van der Waals surface area contributed by atoms with Crippen molar-refractivity contribution in [1.82, 2.24) is 0 Å². The molecule has 1 saturated heterocycles. The van der Waals surface area contributed by atoms with E-state index in [1.165, 1.54) is 0 Å². The molecule has 3 heteroatoms. The third-order valence-electron chi connectivity index (χ3n) is 2.30. The maximum Gasteiger partial charge on any atom is 0.163 e. The monoisotopic (exact) mass is 186 g/mol. The van der Waals surface area contributed by atoms with Crippen molar-refractivity contribution in [3.05, 3.63) is 11.6 Å². The van der Waals surface area contributed by atoms with E-state index in [1.807, 2.05) is 33.8 Å². The topological polar surface area (TPSA) is 38.7 Å². The van der Waals surface area contributed by atoms with E-state index < -0.39 is 11.9 Å². The molecule has 3 nitrogen and oxygen atoms in total. The van der Waals surface area contributed by atoms with Crippen LogP contribution in [0.4, 0.5) is 0 Å². The van der Waals surface area contributed by atoms with Crippen LogP contribution in [0.15, 0.2) is 11.6 Å². The molecular formula is C10H18O3. The summed E-state index contributed by atoms with van der Waals surface area (Å²) < 4.78 is 10.9. The second kappa shape index (κ2) is 3.78. The van der Waals surface area contributed by atoms with Crippen molar-refractivity contribution in [2.75, 3.05) is 6.61 Å². The highest BCUT2D eigenvalue weighted by atomic mass is 16.7. The summed E-state index contributed by atoms with van der Waals surface area (Å²) in [6.07, 6.45) is 1.11. The summed E-state index contributed by atoms with van der Waals surface area (Å²) in [6.45, 7) is 7.95. The highest BCUT2D eigenvalue weighted by Crippen LogP contribution is 2.26. The minimum absolute atomic E-state index is 0.230. The molecule has 0 saturated carbocycles. The number of aliphatic hydroxyl groups is 1. The third-order valence-corrected chi connectivity index (χ3v) is 2.30. The molecule has 0 amide bonds. The number of hydrogen-bond donors (Lipinski definition) is 1. The predicted molar refractivity (Wildman–Crippen MR) is 50.3 cm³/mol. The first-order valence-electron chi connectivity index (χ1n) is 4.59. The molecule has 0 spiro atoms. The van der Waals surface area contributed by atoms with Gasteiger partial charge in [0.1, 0.15) is 12.2 Å². The van der Waals surface area contributed by atoms with Gasteiger partial charge >= 0.3 is 0 Å². The van der Waals surface area contributed by atoms with Crippen LogP contribution in [0.3, 0.4) is 0 Å². The van der Waals surface area contributed by atoms with E-state index in [0.29, 0.717) is 6.61 Å². The number of ether oxygens (including phenoxy) is 2. The molecule has 13 heavy (non-hydrogen) atoms. The number of rotatable bonds is 2. The van der Waals surface area contributed by atoms with Crippen LogP contribution in [0.2, 0.25) is 0 Å². The molecule has 0 aliphatic carbocycles. The van der Waals surface area contributed by atoms with Gasteiger partial charge in [-0.25, -0.2) is 0 Å². The first-order valence-corrected chi connectivity index (χ1v) is 4.59. The molecular weight excluding hydrogens is 168 g/mol. The van der Waals surface area contributed by atoms with E-state index in [2.05, 4.69) is 0 Å². The van der Waals surface area contributed by atoms with E-state index in [0.717, 1.165) is 5.57 Å². The van der Waals surface area contributed by atoms with E-state index in [9.17, 15) is 5.11 Å². The molecule has 1 N–H and O–H groups in total. The molecule has 0 unspecified atom stereocenters. The second-order valence-electron chi connectivity index (χ2n) is 3.84. The zero-order valence-corrected chi connectivity index (χ0v) is 8.70. The summed E-state index contributed by atoms with van der Waals surface area (Å²) in [6, 6.07) is 0. The fourth-order valence-corrected chi connectivity index (χ4v) is 1.33. The first-order chi connectivity index (χ1) is 5.96. The van der Waals surface area contributed by atoms with Crippen molar-refractivity contribution in [2.24, 2.45) is 0 Å². The quantitative estimate of drug-likeness (QED) is 0.664. The predicted octanol–water partition coefficient (Wildman–Crippen LogP) is 1.46. The smallest absolute Gasteiger partial charge is 0.163 e. The highest BCUT2D eigenvalue weighted by molar-refractivity contribution is 5.06. The Kier molecular flexibility index (Phi) is 3.11. The summed E-state index contributed by atoms with van der Waals surface area (Å²) in [5.41, 5.74) is 0.923. The van der Waals surface area contributed by atoms with Crippen molar-refractivity contribution in [1.29, 1.82) is 0 Å². The molecule has 1 aliphatic heterocycles. The molecule has 1 rings (SSSR count). The third kappa shape index (κ3) is 2.53. The number of allylic oxidation sites excluding steroid dienone is 1. The van der Waals surface area contributed by atoms with Gasteiger partial charge < -0.3 is 14.6 Å². The Morgan fingerprint density at radius 2 is 2.23 bits per heavy atom. The van der Waals surface area contributed by atoms with Gasteiger partial charge in [-0.15, -0.1) is 0 Å². The zero-order valence-electron chi connectivity index (χ0n) is 8.70. The number of aliphatic hydroxyl groups excluding tert-OH is 1. The van der Waals surface area contributed by atoms with E-state index >= 15 is 0 Å². The van der Waals surface area contributed by atoms with Crippen LogP contribution >= 0.6 is 0 Å². The Labute approximate surface area is 79.3 Å². The molecule has 0 bridgehead atoms. The molecule has 0 radical (unpaired) electrons. The molecule has 1 fully saturated rings. The molecule has 0 aromatic rings. The number of hydrogen-bond acceptors (Lipinski definition) is 3. The normalized spacial score (nSPS) is 30.5. The molecule has 76 valence electrons. The average Bonchev–Trinajstić information content (AvgIpc) is 2.43. The van der Waals surface area contributed by atoms with Crippen LogP contribution in [-0.2, 0) is 9.47 Å². The van der Waals surface area contributed by atoms with Crippen molar-refractivity contribution < 1.29 is 14.6 Å². The first kappa shape index (κ1) is 10.7. The van der Waals surface area contributed by atoms with Crippen molar-refractivity contribution >= 4 is 0 Å². The van der Waals surface area contributed by atoms with E-state index in [-0.39, 0.29) is 6.10 Å². The van der Waals surface area contributed by atoms with Gasteiger partial charge in [0.15, 0.2) is 5.79 Å². The van der Waals surface area contributed by atoms with Crippen LogP contribution in [0.1, 0.15) is 27.7 Å². The van der Waals surface area contributed by atoms with Crippen LogP contribution in [0, 0.1) is 0 Å². The van der Waals surface area contributed by atoms with Gasteiger partial charge in [0.05, 0.1) is 6.61 Å². The fourth-order valence-electron chi connectivity index (χ4n) is 1.33. The minimum atomic E-state index is -0.556. The largest absolute Gasteiger partial charge is 0.386 e. The summed E-state index contributed by atoms with van der Waals surface area (Å²) in [5.74, 6) is -0.556. The Morgan fingerprint density at radius 1 is 1.62 bits per heavy atom. The van der Waals surface area contributed by atoms with Crippen LogP contribution in [0.5, 0.6) is 0 Å². The van der Waals surface area contributed by atoms with Crippen LogP contribution < -0.4 is 0 Å². The van der Waals surface area contributed by atoms with E-state index in [1.54, 1.807) is 0 Å². The lowest BCUT2D eigenvalue weighted by molar-refractivity contribution is -0.148. The van der Waals surface area contributed by atoms with Crippen LogP contribution in [-0.4, -0.2) is 29.7 Å². The minimum Gasteiger partial charge on any atom is -0.386 e. The van der Waals surface area contributed by atoms with Gasteiger partial charge in [0.25, 0.3) is 0 Å². The summed E-state index contributed by atoms with van der Waals surface area (Å²) in [7, 11) is 0. The summed E-state index contributed by atoms with van der Waals surface area (Å²) in [5, 5.41) is 9.78. The van der Waals surface area contributed by atoms with Crippen molar-refractivity contribution in [3.63, 3.8) is 0 Å². The van der Waals surface area contributed by atoms with Crippen LogP contribution in [0.25, 0.3) is 0 Å². The lowest BCUT2D eigenvalue weighted by atomic mass is 10.1. The Bertz CT molecular complexity index is 208. The van der Waals surface area contributed by atoms with Gasteiger partial charge in [0.2, 0.25) is 0 Å². The maximum absolute atomic E-state index is 9.78. The lowest BCUT2D eigenvalue weighted by Gasteiger charge is -2.20. The van der Waals surface area contributed by atoms with Gasteiger partial charge in [-0.3, -0.25) is 0 Å². The van der Waals surface area contributed by atoms with Crippen molar-refractivity contribution in [2.45, 2.75) is 45.7 Å². The van der Waals surface area contributed by atoms with E-state index in [4.69, 9.17) is 9.47 Å². The Hall–Kier alpha value is -0.380.